The van der Waals surface area contributed by atoms with Crippen LogP contribution >= 0.6 is 12.2 Å². The van der Waals surface area contributed by atoms with Crippen LogP contribution in [0.3, 0.4) is 0 Å². The summed E-state index contributed by atoms with van der Waals surface area (Å²) in [4.78, 5) is 4.34. The average Bonchev–Trinajstić information content (AvgIpc) is 2.25. The minimum atomic E-state index is -0.00477. The van der Waals surface area contributed by atoms with E-state index in [1.807, 2.05) is 24.3 Å². The molecule has 2 nitrogen and oxygen atoms in total. The Balaban J connectivity index is 2.14. The normalized spacial score (nSPS) is 18.9. The van der Waals surface area contributed by atoms with Gasteiger partial charge in [0.1, 0.15) is 0 Å². The minimum Gasteiger partial charge on any atom is -0.356 e. The predicted octanol–water partition coefficient (Wildman–Crippen LogP) is 3.20. The molecule has 1 aliphatic heterocycles. The van der Waals surface area contributed by atoms with Crippen LogP contribution in [0.5, 0.6) is 0 Å². The van der Waals surface area contributed by atoms with Gasteiger partial charge in [0, 0.05) is 17.7 Å². The van der Waals surface area contributed by atoms with Gasteiger partial charge in [-0.15, -0.1) is 0 Å². The summed E-state index contributed by atoms with van der Waals surface area (Å²) in [5.74, 6) is 0. The van der Waals surface area contributed by atoms with Crippen molar-refractivity contribution in [3.63, 3.8) is 0 Å². The zero-order valence-electron chi connectivity index (χ0n) is 10.1. The molecule has 0 aliphatic carbocycles. The van der Waals surface area contributed by atoms with Crippen LogP contribution in [0.15, 0.2) is 41.4 Å². The molecule has 0 amide bonds. The molecule has 88 valence electrons. The maximum Gasteiger partial charge on any atom is 0.193 e. The zero-order chi connectivity index (χ0) is 12.3. The quantitative estimate of drug-likeness (QED) is 0.808. The van der Waals surface area contributed by atoms with E-state index in [0.29, 0.717) is 5.11 Å². The number of hydrogen-bond donors (Lipinski definition) is 1. The molecule has 0 aromatic heterocycles. The highest BCUT2D eigenvalue weighted by atomic mass is 32.1. The fraction of sp³-hybridized carbons (Fsp3) is 0.286. The SMILES string of the molecule is CC1(C)CC(/C=C/c2ccccc2)=NC(=S)N1. The lowest BCUT2D eigenvalue weighted by atomic mass is 9.95. The van der Waals surface area contributed by atoms with Crippen molar-refractivity contribution in [3.05, 3.63) is 42.0 Å². The summed E-state index contributed by atoms with van der Waals surface area (Å²) in [5, 5.41) is 3.77. The Morgan fingerprint density at radius 2 is 1.94 bits per heavy atom. The highest BCUT2D eigenvalue weighted by Gasteiger charge is 2.24. The largest absolute Gasteiger partial charge is 0.356 e. The molecular weight excluding hydrogens is 228 g/mol. The van der Waals surface area contributed by atoms with Crippen molar-refractivity contribution >= 4 is 29.1 Å². The van der Waals surface area contributed by atoms with E-state index in [4.69, 9.17) is 12.2 Å². The number of nitrogens with one attached hydrogen (secondary N) is 1. The molecular formula is C14H16N2S. The van der Waals surface area contributed by atoms with Crippen molar-refractivity contribution in [2.24, 2.45) is 4.99 Å². The number of nitrogens with zero attached hydrogens (tertiary/aromatic N) is 1. The molecule has 3 heteroatoms. The molecule has 1 N–H and O–H groups in total. The molecule has 0 radical (unpaired) electrons. The molecule has 0 spiro atoms. The highest BCUT2D eigenvalue weighted by Crippen LogP contribution is 2.16. The lowest BCUT2D eigenvalue weighted by molar-refractivity contribution is 0.474. The summed E-state index contributed by atoms with van der Waals surface area (Å²) in [5.41, 5.74) is 2.20. The number of hydrogen-bond acceptors (Lipinski definition) is 1. The Hall–Kier alpha value is -1.48. The summed E-state index contributed by atoms with van der Waals surface area (Å²) in [6, 6.07) is 10.2. The van der Waals surface area contributed by atoms with Gasteiger partial charge in [-0.25, -0.2) is 4.99 Å². The summed E-state index contributed by atoms with van der Waals surface area (Å²) in [6.07, 6.45) is 5.00. The fourth-order valence-electron chi connectivity index (χ4n) is 1.84. The molecule has 17 heavy (non-hydrogen) atoms. The first-order valence-corrected chi connectivity index (χ1v) is 6.09. The summed E-state index contributed by atoms with van der Waals surface area (Å²) >= 11 is 5.13. The van der Waals surface area contributed by atoms with Crippen molar-refractivity contribution in [3.8, 4) is 0 Å². The van der Waals surface area contributed by atoms with Gasteiger partial charge in [-0.05, 0) is 37.7 Å². The average molecular weight is 244 g/mol. The van der Waals surface area contributed by atoms with E-state index < -0.39 is 0 Å². The third kappa shape index (κ3) is 3.49. The topological polar surface area (TPSA) is 24.4 Å². The van der Waals surface area contributed by atoms with E-state index in [0.717, 1.165) is 12.1 Å². The first-order chi connectivity index (χ1) is 8.05. The first kappa shape index (κ1) is 12.0. The third-order valence-electron chi connectivity index (χ3n) is 2.58. The Kier molecular flexibility index (Phi) is 3.38. The van der Waals surface area contributed by atoms with Crippen LogP contribution in [-0.2, 0) is 0 Å². The van der Waals surface area contributed by atoms with Gasteiger partial charge in [0.2, 0.25) is 0 Å². The molecule has 1 aromatic rings. The molecule has 1 aliphatic rings. The Bertz CT molecular complexity index is 472. The van der Waals surface area contributed by atoms with Gasteiger partial charge in [-0.3, -0.25) is 0 Å². The lowest BCUT2D eigenvalue weighted by Gasteiger charge is -2.30. The summed E-state index contributed by atoms with van der Waals surface area (Å²) in [6.45, 7) is 4.26. The predicted molar refractivity (Wildman–Crippen MR) is 77.3 cm³/mol. The van der Waals surface area contributed by atoms with E-state index in [1.165, 1.54) is 5.56 Å². The lowest BCUT2D eigenvalue weighted by Crippen LogP contribution is -2.46. The third-order valence-corrected chi connectivity index (χ3v) is 2.77. The molecule has 0 fully saturated rings. The molecule has 1 aromatic carbocycles. The van der Waals surface area contributed by atoms with Gasteiger partial charge in [0.05, 0.1) is 0 Å². The number of thiocarbonyl (C=S) groups is 1. The second kappa shape index (κ2) is 4.80. The van der Waals surface area contributed by atoms with E-state index in [9.17, 15) is 0 Å². The second-order valence-electron chi connectivity index (χ2n) is 4.84. The van der Waals surface area contributed by atoms with Crippen LogP contribution in [-0.4, -0.2) is 16.4 Å². The molecule has 1 heterocycles. The molecule has 0 atom stereocenters. The van der Waals surface area contributed by atoms with Gasteiger partial charge < -0.3 is 5.32 Å². The van der Waals surface area contributed by atoms with Gasteiger partial charge in [0.25, 0.3) is 0 Å². The van der Waals surface area contributed by atoms with Crippen LogP contribution in [0.25, 0.3) is 6.08 Å². The Labute approximate surface area is 107 Å². The molecule has 0 saturated heterocycles. The minimum absolute atomic E-state index is 0.00477. The standard InChI is InChI=1S/C14H16N2S/c1-14(2)10-12(15-13(17)16-14)9-8-11-6-4-3-5-7-11/h3-9H,10H2,1-2H3,(H,16,17)/b9-8+. The van der Waals surface area contributed by atoms with Gasteiger partial charge in [-0.1, -0.05) is 36.4 Å². The number of allylic oxidation sites excluding steroid dienone is 1. The van der Waals surface area contributed by atoms with E-state index in [1.54, 1.807) is 0 Å². The molecule has 0 bridgehead atoms. The number of aliphatic imine (C=N–C) groups is 1. The fourth-order valence-corrected chi connectivity index (χ4v) is 2.23. The number of rotatable bonds is 2. The molecule has 2 rings (SSSR count). The van der Waals surface area contributed by atoms with Gasteiger partial charge in [-0.2, -0.15) is 0 Å². The maximum atomic E-state index is 5.13. The van der Waals surface area contributed by atoms with Crippen LogP contribution in [0.4, 0.5) is 0 Å². The first-order valence-electron chi connectivity index (χ1n) is 5.68. The maximum absolute atomic E-state index is 5.13. The van der Waals surface area contributed by atoms with Crippen molar-refractivity contribution in [1.82, 2.24) is 5.32 Å². The molecule has 0 unspecified atom stereocenters. The van der Waals surface area contributed by atoms with Gasteiger partial charge in [0.15, 0.2) is 5.11 Å². The summed E-state index contributed by atoms with van der Waals surface area (Å²) in [7, 11) is 0. The monoisotopic (exact) mass is 244 g/mol. The van der Waals surface area contributed by atoms with Crippen LogP contribution < -0.4 is 5.32 Å². The van der Waals surface area contributed by atoms with Crippen molar-refractivity contribution < 1.29 is 0 Å². The Morgan fingerprint density at radius 3 is 2.59 bits per heavy atom. The van der Waals surface area contributed by atoms with Crippen molar-refractivity contribution in [1.29, 1.82) is 0 Å². The summed E-state index contributed by atoms with van der Waals surface area (Å²) < 4.78 is 0. The second-order valence-corrected chi connectivity index (χ2v) is 5.22. The highest BCUT2D eigenvalue weighted by molar-refractivity contribution is 7.80. The van der Waals surface area contributed by atoms with Crippen LogP contribution in [0.2, 0.25) is 0 Å². The Morgan fingerprint density at radius 1 is 1.24 bits per heavy atom. The zero-order valence-corrected chi connectivity index (χ0v) is 10.9. The molecule has 0 saturated carbocycles. The van der Waals surface area contributed by atoms with Crippen LogP contribution in [0, 0.1) is 0 Å². The van der Waals surface area contributed by atoms with Crippen molar-refractivity contribution in [2.45, 2.75) is 25.8 Å². The number of benzene rings is 1. The van der Waals surface area contributed by atoms with E-state index >= 15 is 0 Å². The van der Waals surface area contributed by atoms with Crippen molar-refractivity contribution in [2.75, 3.05) is 0 Å². The van der Waals surface area contributed by atoms with E-state index in [2.05, 4.69) is 42.4 Å². The smallest absolute Gasteiger partial charge is 0.193 e. The van der Waals surface area contributed by atoms with E-state index in [-0.39, 0.29) is 5.54 Å². The van der Waals surface area contributed by atoms with Gasteiger partial charge >= 0.3 is 0 Å². The van der Waals surface area contributed by atoms with Crippen LogP contribution in [0.1, 0.15) is 25.8 Å².